The van der Waals surface area contributed by atoms with Crippen LogP contribution in [0.4, 0.5) is 5.82 Å². The first-order valence-electron chi connectivity index (χ1n) is 8.54. The molecule has 0 radical (unpaired) electrons. The van der Waals surface area contributed by atoms with Gasteiger partial charge in [0.25, 0.3) is 0 Å². The maximum atomic E-state index is 12.4. The summed E-state index contributed by atoms with van der Waals surface area (Å²) in [6, 6.07) is 0. The lowest BCUT2D eigenvalue weighted by Crippen LogP contribution is -2.42. The number of aromatic nitrogens is 2. The van der Waals surface area contributed by atoms with Gasteiger partial charge in [0.05, 0.1) is 13.2 Å². The molecule has 1 aromatic heterocycles. The predicted molar refractivity (Wildman–Crippen MR) is 88.5 cm³/mol. The van der Waals surface area contributed by atoms with Crippen LogP contribution in [-0.4, -0.2) is 60.2 Å². The van der Waals surface area contributed by atoms with Crippen LogP contribution < -0.4 is 4.90 Å². The van der Waals surface area contributed by atoms with E-state index in [1.54, 1.807) is 6.33 Å². The van der Waals surface area contributed by atoms with E-state index in [0.717, 1.165) is 56.1 Å². The van der Waals surface area contributed by atoms with Crippen LogP contribution in [0.5, 0.6) is 0 Å². The first kappa shape index (κ1) is 16.2. The minimum atomic E-state index is 0.292. The zero-order valence-electron chi connectivity index (χ0n) is 14.1. The monoisotopic (exact) mass is 318 g/mol. The number of hydrogen-bond donors (Lipinski definition) is 0. The van der Waals surface area contributed by atoms with Crippen LogP contribution in [0, 0.1) is 19.8 Å². The van der Waals surface area contributed by atoms with Crippen LogP contribution in [0.15, 0.2) is 6.33 Å². The van der Waals surface area contributed by atoms with Gasteiger partial charge >= 0.3 is 0 Å². The third-order valence-corrected chi connectivity index (χ3v) is 5.05. The summed E-state index contributed by atoms with van der Waals surface area (Å²) in [5.74, 6) is 1.83. The zero-order chi connectivity index (χ0) is 16.2. The maximum absolute atomic E-state index is 12.4. The van der Waals surface area contributed by atoms with Crippen LogP contribution in [0.3, 0.4) is 0 Å². The molecule has 2 aliphatic heterocycles. The Hall–Kier alpha value is -1.69. The van der Waals surface area contributed by atoms with E-state index < -0.39 is 0 Å². The van der Waals surface area contributed by atoms with Gasteiger partial charge in [-0.05, 0) is 32.6 Å². The van der Waals surface area contributed by atoms with Gasteiger partial charge in [-0.25, -0.2) is 9.97 Å². The van der Waals surface area contributed by atoms with E-state index in [1.165, 1.54) is 0 Å². The molecule has 6 nitrogen and oxygen atoms in total. The van der Waals surface area contributed by atoms with Crippen LogP contribution >= 0.6 is 0 Å². The number of amides is 1. The Morgan fingerprint density at radius 3 is 2.57 bits per heavy atom. The molecule has 2 aliphatic rings. The largest absolute Gasteiger partial charge is 0.378 e. The molecule has 0 spiro atoms. The molecule has 0 unspecified atom stereocenters. The van der Waals surface area contributed by atoms with Gasteiger partial charge in [0.1, 0.15) is 12.1 Å². The fourth-order valence-electron chi connectivity index (χ4n) is 3.38. The highest BCUT2D eigenvalue weighted by Gasteiger charge is 2.26. The number of carbonyl (C=O) groups excluding carboxylic acids is 1. The van der Waals surface area contributed by atoms with Crippen molar-refractivity contribution in [3.05, 3.63) is 17.6 Å². The van der Waals surface area contributed by atoms with Crippen molar-refractivity contribution in [2.24, 2.45) is 5.92 Å². The van der Waals surface area contributed by atoms with E-state index in [9.17, 15) is 4.79 Å². The van der Waals surface area contributed by atoms with E-state index in [2.05, 4.69) is 21.8 Å². The molecule has 0 atom stereocenters. The molecule has 2 fully saturated rings. The number of piperidine rings is 1. The molecule has 1 amide bonds. The number of rotatable bonds is 3. The maximum Gasteiger partial charge on any atom is 0.223 e. The molecule has 1 aromatic rings. The third-order valence-electron chi connectivity index (χ3n) is 5.05. The Bertz CT molecular complexity index is 550. The zero-order valence-corrected chi connectivity index (χ0v) is 14.1. The highest BCUT2D eigenvalue weighted by atomic mass is 16.5. The Morgan fingerprint density at radius 1 is 1.17 bits per heavy atom. The summed E-state index contributed by atoms with van der Waals surface area (Å²) in [7, 11) is 0. The summed E-state index contributed by atoms with van der Waals surface area (Å²) in [4.78, 5) is 25.3. The fourth-order valence-corrected chi connectivity index (χ4v) is 3.38. The van der Waals surface area contributed by atoms with Gasteiger partial charge in [0.2, 0.25) is 5.91 Å². The standard InChI is InChI=1S/C17H26N4O2/c1-13-14(2)18-12-19-17(13)21-5-3-15(4-6-21)11-16(22)20-7-9-23-10-8-20/h12,15H,3-11H2,1-2H3. The molecule has 6 heteroatoms. The summed E-state index contributed by atoms with van der Waals surface area (Å²) in [6.07, 6.45) is 4.43. The molecular weight excluding hydrogens is 292 g/mol. The van der Waals surface area contributed by atoms with Crippen molar-refractivity contribution in [3.8, 4) is 0 Å². The van der Waals surface area contributed by atoms with Crippen molar-refractivity contribution in [1.82, 2.24) is 14.9 Å². The quantitative estimate of drug-likeness (QED) is 0.846. The second-order valence-corrected chi connectivity index (χ2v) is 6.54. The molecule has 126 valence electrons. The molecule has 0 saturated carbocycles. The number of hydrogen-bond acceptors (Lipinski definition) is 5. The van der Waals surface area contributed by atoms with Crippen molar-refractivity contribution in [3.63, 3.8) is 0 Å². The third kappa shape index (κ3) is 3.80. The number of aryl methyl sites for hydroxylation is 1. The normalized spacial score (nSPS) is 19.9. The minimum Gasteiger partial charge on any atom is -0.378 e. The summed E-state index contributed by atoms with van der Waals surface area (Å²) in [6.45, 7) is 8.89. The van der Waals surface area contributed by atoms with Gasteiger partial charge in [-0.3, -0.25) is 4.79 Å². The van der Waals surface area contributed by atoms with Crippen LogP contribution in [-0.2, 0) is 9.53 Å². The van der Waals surface area contributed by atoms with Crippen molar-refractivity contribution >= 4 is 11.7 Å². The first-order valence-corrected chi connectivity index (χ1v) is 8.54. The number of ether oxygens (including phenoxy) is 1. The number of anilines is 1. The van der Waals surface area contributed by atoms with Crippen LogP contribution in [0.25, 0.3) is 0 Å². The lowest BCUT2D eigenvalue weighted by atomic mass is 9.92. The topological polar surface area (TPSA) is 58.6 Å². The van der Waals surface area contributed by atoms with Gasteiger partial charge < -0.3 is 14.5 Å². The SMILES string of the molecule is Cc1ncnc(N2CCC(CC(=O)N3CCOCC3)CC2)c1C. The second kappa shape index (κ2) is 7.25. The number of carbonyl (C=O) groups is 1. The molecule has 2 saturated heterocycles. The molecule has 0 bridgehead atoms. The highest BCUT2D eigenvalue weighted by molar-refractivity contribution is 5.76. The minimum absolute atomic E-state index is 0.292. The van der Waals surface area contributed by atoms with E-state index in [-0.39, 0.29) is 0 Å². The van der Waals surface area contributed by atoms with Gasteiger partial charge in [-0.15, -0.1) is 0 Å². The average molecular weight is 318 g/mol. The molecular formula is C17H26N4O2. The Balaban J connectivity index is 1.52. The van der Waals surface area contributed by atoms with Gasteiger partial charge in [0.15, 0.2) is 0 Å². The van der Waals surface area contributed by atoms with Crippen molar-refractivity contribution in [1.29, 1.82) is 0 Å². The van der Waals surface area contributed by atoms with E-state index in [4.69, 9.17) is 4.74 Å². The lowest BCUT2D eigenvalue weighted by molar-refractivity contribution is -0.136. The van der Waals surface area contributed by atoms with Crippen molar-refractivity contribution in [2.45, 2.75) is 33.1 Å². The van der Waals surface area contributed by atoms with Crippen LogP contribution in [0.1, 0.15) is 30.5 Å². The first-order chi connectivity index (χ1) is 11.1. The van der Waals surface area contributed by atoms with Gasteiger partial charge in [-0.2, -0.15) is 0 Å². The van der Waals surface area contributed by atoms with Gasteiger partial charge in [-0.1, -0.05) is 0 Å². The number of morpholine rings is 1. The second-order valence-electron chi connectivity index (χ2n) is 6.54. The Morgan fingerprint density at radius 2 is 1.87 bits per heavy atom. The highest BCUT2D eigenvalue weighted by Crippen LogP contribution is 2.27. The predicted octanol–water partition coefficient (Wildman–Crippen LogP) is 1.56. The molecule has 0 aromatic carbocycles. The smallest absolute Gasteiger partial charge is 0.223 e. The summed E-state index contributed by atoms with van der Waals surface area (Å²) >= 11 is 0. The van der Waals surface area contributed by atoms with E-state index in [1.807, 2.05) is 11.8 Å². The van der Waals surface area contributed by atoms with E-state index in [0.29, 0.717) is 31.5 Å². The molecule has 0 N–H and O–H groups in total. The molecule has 0 aliphatic carbocycles. The fraction of sp³-hybridized carbons (Fsp3) is 0.706. The average Bonchev–Trinajstić information content (AvgIpc) is 2.59. The summed E-state index contributed by atoms with van der Waals surface area (Å²) < 4.78 is 5.31. The molecule has 3 heterocycles. The van der Waals surface area contributed by atoms with Crippen molar-refractivity contribution < 1.29 is 9.53 Å². The summed E-state index contributed by atoms with van der Waals surface area (Å²) in [5.41, 5.74) is 2.20. The van der Waals surface area contributed by atoms with Crippen molar-refractivity contribution in [2.75, 3.05) is 44.3 Å². The Labute approximate surface area is 137 Å². The number of nitrogens with zero attached hydrogens (tertiary/aromatic N) is 4. The van der Waals surface area contributed by atoms with E-state index >= 15 is 0 Å². The Kier molecular flexibility index (Phi) is 5.10. The van der Waals surface area contributed by atoms with Gasteiger partial charge in [0, 0.05) is 43.9 Å². The summed E-state index contributed by atoms with van der Waals surface area (Å²) in [5, 5.41) is 0. The lowest BCUT2D eigenvalue weighted by Gasteiger charge is -2.35. The van der Waals surface area contributed by atoms with Crippen LogP contribution in [0.2, 0.25) is 0 Å². The molecule has 23 heavy (non-hydrogen) atoms. The molecule has 3 rings (SSSR count).